The number of amides is 1. The number of pyridine rings is 1. The number of ether oxygens (including phenoxy) is 1. The van der Waals surface area contributed by atoms with Gasteiger partial charge < -0.3 is 14.5 Å². The number of nitriles is 1. The second-order valence-electron chi connectivity index (χ2n) is 8.07. The Bertz CT molecular complexity index is 950. The van der Waals surface area contributed by atoms with Crippen LogP contribution < -0.4 is 9.64 Å². The van der Waals surface area contributed by atoms with Crippen molar-refractivity contribution < 1.29 is 18.3 Å². The van der Waals surface area contributed by atoms with Gasteiger partial charge in [0, 0.05) is 43.2 Å². The summed E-state index contributed by atoms with van der Waals surface area (Å²) in [5.41, 5.74) is 1.13. The number of alkyl halides is 2. The third-order valence-electron chi connectivity index (χ3n) is 4.90. The number of hydrogen-bond acceptors (Lipinski definition) is 5. The van der Waals surface area contributed by atoms with Crippen LogP contribution in [0, 0.1) is 16.7 Å². The van der Waals surface area contributed by atoms with Crippen LogP contribution in [0.4, 0.5) is 14.5 Å². The molecule has 1 fully saturated rings. The van der Waals surface area contributed by atoms with E-state index in [0.29, 0.717) is 48.3 Å². The molecule has 6 nitrogen and oxygen atoms in total. The van der Waals surface area contributed by atoms with Gasteiger partial charge >= 0.3 is 6.61 Å². The molecular weight excluding hydrogens is 378 g/mol. The van der Waals surface area contributed by atoms with Gasteiger partial charge in [-0.25, -0.2) is 0 Å². The second-order valence-corrected chi connectivity index (χ2v) is 8.07. The topological polar surface area (TPSA) is 69.5 Å². The fourth-order valence-corrected chi connectivity index (χ4v) is 3.57. The van der Waals surface area contributed by atoms with Crippen LogP contribution in [0.1, 0.15) is 32.8 Å². The van der Waals surface area contributed by atoms with Crippen LogP contribution in [0.5, 0.6) is 5.75 Å². The number of aromatic nitrogens is 1. The number of carbonyl (C=O) groups excluding carboxylic acids is 1. The number of nitrogens with zero attached hydrogens (tertiary/aromatic N) is 4. The molecule has 0 saturated carbocycles. The van der Waals surface area contributed by atoms with Crippen LogP contribution >= 0.6 is 0 Å². The van der Waals surface area contributed by atoms with Gasteiger partial charge in [0.25, 0.3) is 0 Å². The number of carbonyl (C=O) groups is 1. The van der Waals surface area contributed by atoms with Gasteiger partial charge in [0.1, 0.15) is 11.8 Å². The summed E-state index contributed by atoms with van der Waals surface area (Å²) < 4.78 is 29.8. The van der Waals surface area contributed by atoms with E-state index in [2.05, 4.69) is 15.8 Å². The van der Waals surface area contributed by atoms with Crippen molar-refractivity contribution in [3.8, 4) is 11.8 Å². The molecule has 154 valence electrons. The molecule has 0 aliphatic carbocycles. The summed E-state index contributed by atoms with van der Waals surface area (Å²) in [5, 5.41) is 10.2. The highest BCUT2D eigenvalue weighted by Gasteiger charge is 2.29. The van der Waals surface area contributed by atoms with Crippen molar-refractivity contribution in [3.63, 3.8) is 0 Å². The summed E-state index contributed by atoms with van der Waals surface area (Å²) in [5.74, 6) is 0.108. The third-order valence-corrected chi connectivity index (χ3v) is 4.90. The molecule has 1 aliphatic heterocycles. The minimum absolute atomic E-state index is 0.0185. The van der Waals surface area contributed by atoms with E-state index < -0.39 is 12.0 Å². The summed E-state index contributed by atoms with van der Waals surface area (Å²) in [4.78, 5) is 20.8. The number of halogens is 2. The van der Waals surface area contributed by atoms with Crippen molar-refractivity contribution in [2.45, 2.75) is 33.8 Å². The standard InChI is InChI=1S/C21H24F2N4O2/c1-21(2,3)19(28)27-8-4-7-26(9-10-27)18-14(12-24)13-25-17-6-5-15(11-16(17)18)29-20(22)23/h5-6,11,13,20H,4,7-10H2,1-3H3. The number of benzene rings is 1. The minimum Gasteiger partial charge on any atom is -0.435 e. The normalized spacial score (nSPS) is 15.3. The highest BCUT2D eigenvalue weighted by molar-refractivity contribution is 5.95. The van der Waals surface area contributed by atoms with Crippen molar-refractivity contribution in [1.82, 2.24) is 9.88 Å². The molecule has 2 heterocycles. The van der Waals surface area contributed by atoms with Crippen LogP contribution in [0.2, 0.25) is 0 Å². The Morgan fingerprint density at radius 1 is 1.24 bits per heavy atom. The van der Waals surface area contributed by atoms with Gasteiger partial charge in [0.05, 0.1) is 16.8 Å². The molecule has 29 heavy (non-hydrogen) atoms. The lowest BCUT2D eigenvalue weighted by atomic mass is 9.94. The van der Waals surface area contributed by atoms with Crippen molar-refractivity contribution in [2.24, 2.45) is 5.41 Å². The maximum Gasteiger partial charge on any atom is 0.387 e. The van der Waals surface area contributed by atoms with E-state index in [9.17, 15) is 18.8 Å². The first-order chi connectivity index (χ1) is 13.7. The van der Waals surface area contributed by atoms with Crippen LogP contribution in [0.25, 0.3) is 10.9 Å². The van der Waals surface area contributed by atoms with Gasteiger partial charge in [0.2, 0.25) is 5.91 Å². The van der Waals surface area contributed by atoms with Gasteiger partial charge in [-0.15, -0.1) is 0 Å². The maximum absolute atomic E-state index is 12.7. The summed E-state index contributed by atoms with van der Waals surface area (Å²) in [6, 6.07) is 6.68. The van der Waals surface area contributed by atoms with E-state index in [1.54, 1.807) is 6.07 Å². The van der Waals surface area contributed by atoms with E-state index >= 15 is 0 Å². The summed E-state index contributed by atoms with van der Waals surface area (Å²) in [6.45, 7) is 5.09. The SMILES string of the molecule is CC(C)(C)C(=O)N1CCCN(c2c(C#N)cnc3ccc(OC(F)F)cc23)CC1. The molecule has 1 amide bonds. The molecule has 0 atom stereocenters. The van der Waals surface area contributed by atoms with Crippen molar-refractivity contribution in [2.75, 3.05) is 31.1 Å². The number of anilines is 1. The Morgan fingerprint density at radius 3 is 2.66 bits per heavy atom. The lowest BCUT2D eigenvalue weighted by Gasteiger charge is -2.29. The van der Waals surface area contributed by atoms with Gasteiger partial charge in [-0.1, -0.05) is 20.8 Å². The summed E-state index contributed by atoms with van der Waals surface area (Å²) in [6.07, 6.45) is 2.23. The molecule has 1 aliphatic rings. The zero-order valence-electron chi connectivity index (χ0n) is 16.8. The molecule has 0 unspecified atom stereocenters. The lowest BCUT2D eigenvalue weighted by molar-refractivity contribution is -0.139. The monoisotopic (exact) mass is 402 g/mol. The molecular formula is C21H24F2N4O2. The number of rotatable bonds is 3. The lowest BCUT2D eigenvalue weighted by Crippen LogP contribution is -2.41. The first-order valence-corrected chi connectivity index (χ1v) is 9.52. The van der Waals surface area contributed by atoms with Crippen molar-refractivity contribution in [1.29, 1.82) is 5.26 Å². The van der Waals surface area contributed by atoms with E-state index in [1.165, 1.54) is 18.3 Å². The molecule has 1 saturated heterocycles. The number of fused-ring (bicyclic) bond motifs is 1. The van der Waals surface area contributed by atoms with E-state index in [0.717, 1.165) is 6.42 Å². The van der Waals surface area contributed by atoms with Crippen molar-refractivity contribution in [3.05, 3.63) is 30.0 Å². The largest absolute Gasteiger partial charge is 0.435 e. The molecule has 1 aromatic heterocycles. The van der Waals surface area contributed by atoms with E-state index in [-0.39, 0.29) is 11.7 Å². The molecule has 0 bridgehead atoms. The van der Waals surface area contributed by atoms with Gasteiger partial charge in [-0.3, -0.25) is 9.78 Å². The Morgan fingerprint density at radius 2 is 2.00 bits per heavy atom. The molecule has 2 aromatic rings. The first-order valence-electron chi connectivity index (χ1n) is 9.52. The molecule has 3 rings (SSSR count). The fourth-order valence-electron chi connectivity index (χ4n) is 3.57. The predicted molar refractivity (Wildman–Crippen MR) is 106 cm³/mol. The zero-order valence-corrected chi connectivity index (χ0v) is 16.8. The Balaban J connectivity index is 1.97. The fraction of sp³-hybridized carbons (Fsp3) is 0.476. The van der Waals surface area contributed by atoms with Crippen LogP contribution in [0.15, 0.2) is 24.4 Å². The molecule has 0 N–H and O–H groups in total. The number of hydrogen-bond donors (Lipinski definition) is 0. The van der Waals surface area contributed by atoms with E-state index in [4.69, 9.17) is 0 Å². The van der Waals surface area contributed by atoms with Gasteiger partial charge in [-0.2, -0.15) is 14.0 Å². The minimum atomic E-state index is -2.93. The average Bonchev–Trinajstić information content (AvgIpc) is 2.91. The highest BCUT2D eigenvalue weighted by Crippen LogP contribution is 2.33. The third kappa shape index (κ3) is 4.56. The quantitative estimate of drug-likeness (QED) is 0.781. The van der Waals surface area contributed by atoms with Crippen molar-refractivity contribution >= 4 is 22.5 Å². The van der Waals surface area contributed by atoms with Crippen LogP contribution in [-0.2, 0) is 4.79 Å². The Hall–Kier alpha value is -2.95. The highest BCUT2D eigenvalue weighted by atomic mass is 19.3. The zero-order chi connectivity index (χ0) is 21.2. The van der Waals surface area contributed by atoms with Gasteiger partial charge in [-0.05, 0) is 24.6 Å². The van der Waals surface area contributed by atoms with Crippen LogP contribution in [-0.4, -0.2) is 48.6 Å². The second kappa shape index (κ2) is 8.19. The first kappa shape index (κ1) is 20.8. The smallest absolute Gasteiger partial charge is 0.387 e. The predicted octanol–water partition coefficient (Wildman–Crippen LogP) is 3.79. The molecule has 0 radical (unpaired) electrons. The summed E-state index contributed by atoms with van der Waals surface area (Å²) >= 11 is 0. The summed E-state index contributed by atoms with van der Waals surface area (Å²) in [7, 11) is 0. The average molecular weight is 402 g/mol. The van der Waals surface area contributed by atoms with Gasteiger partial charge in [0.15, 0.2) is 0 Å². The maximum atomic E-state index is 12.7. The molecule has 0 spiro atoms. The van der Waals surface area contributed by atoms with E-state index in [1.807, 2.05) is 30.6 Å². The molecule has 1 aromatic carbocycles. The van der Waals surface area contributed by atoms with Crippen LogP contribution in [0.3, 0.4) is 0 Å². The Labute approximate surface area is 168 Å². The molecule has 8 heteroatoms. The Kier molecular flexibility index (Phi) is 5.87.